The Morgan fingerprint density at radius 1 is 0.833 bits per heavy atom. The molecule has 4 aromatic rings. The van der Waals surface area contributed by atoms with E-state index in [1.54, 1.807) is 55.6 Å². The minimum Gasteiger partial charge on any atom is -0.497 e. The van der Waals surface area contributed by atoms with Crippen molar-refractivity contribution in [3.8, 4) is 11.5 Å². The predicted octanol–water partition coefficient (Wildman–Crippen LogP) is 5.69. The molecule has 1 amide bonds. The predicted molar refractivity (Wildman–Crippen MR) is 159 cm³/mol. The molecule has 0 aromatic heterocycles. The van der Waals surface area contributed by atoms with Crippen molar-refractivity contribution in [2.24, 2.45) is 5.92 Å². The van der Waals surface area contributed by atoms with Crippen LogP contribution in [0.2, 0.25) is 0 Å². The van der Waals surface area contributed by atoms with Gasteiger partial charge < -0.3 is 19.7 Å². The molecule has 208 valence electrons. The topological polar surface area (TPSA) is 84.9 Å². The number of benzene rings is 4. The Morgan fingerprint density at radius 3 is 2.43 bits per heavy atom. The number of hydrogen-bond donors (Lipinski definition) is 1. The van der Waals surface area contributed by atoms with E-state index in [-0.39, 0.29) is 17.5 Å². The van der Waals surface area contributed by atoms with E-state index < -0.39 is 23.4 Å². The summed E-state index contributed by atoms with van der Waals surface area (Å²) in [4.78, 5) is 46.1. The number of rotatable bonds is 6. The van der Waals surface area contributed by atoms with Gasteiger partial charge in [0, 0.05) is 17.5 Å². The van der Waals surface area contributed by atoms with Gasteiger partial charge in [-0.1, -0.05) is 66.7 Å². The number of Topliss-reactive ketones (excluding diaryl/α,β-unsaturated/α-hetero) is 2. The average molecular weight is 557 g/mol. The lowest BCUT2D eigenvalue weighted by atomic mass is 9.62. The van der Waals surface area contributed by atoms with Crippen LogP contribution in [0.25, 0.3) is 6.08 Å². The van der Waals surface area contributed by atoms with Crippen molar-refractivity contribution in [1.29, 1.82) is 0 Å². The number of hydrogen-bond acceptors (Lipinski definition) is 6. The van der Waals surface area contributed by atoms with Gasteiger partial charge in [0.1, 0.15) is 23.0 Å². The minimum atomic E-state index is -1.41. The summed E-state index contributed by atoms with van der Waals surface area (Å²) >= 11 is 0. The highest BCUT2D eigenvalue weighted by atomic mass is 16.5. The van der Waals surface area contributed by atoms with Crippen molar-refractivity contribution in [3.05, 3.63) is 131 Å². The van der Waals surface area contributed by atoms with Crippen LogP contribution in [-0.4, -0.2) is 42.6 Å². The van der Waals surface area contributed by atoms with Crippen molar-refractivity contribution in [3.63, 3.8) is 0 Å². The van der Waals surface area contributed by atoms with Gasteiger partial charge in [-0.25, -0.2) is 0 Å². The fourth-order valence-corrected chi connectivity index (χ4v) is 7.13. The van der Waals surface area contributed by atoms with Gasteiger partial charge in [0.05, 0.1) is 31.7 Å². The number of ketones is 2. The van der Waals surface area contributed by atoms with Gasteiger partial charge in [0.15, 0.2) is 11.6 Å². The Bertz CT molecular complexity index is 1800. The van der Waals surface area contributed by atoms with Crippen molar-refractivity contribution in [2.45, 2.75) is 17.5 Å². The van der Waals surface area contributed by atoms with E-state index in [1.807, 2.05) is 65.7 Å². The first-order chi connectivity index (χ1) is 20.5. The maximum Gasteiger partial charge on any atom is 0.238 e. The van der Waals surface area contributed by atoms with Gasteiger partial charge in [0.25, 0.3) is 0 Å². The van der Waals surface area contributed by atoms with E-state index in [0.29, 0.717) is 33.9 Å². The van der Waals surface area contributed by atoms with Crippen LogP contribution in [-0.2, 0) is 10.2 Å². The van der Waals surface area contributed by atoms with Gasteiger partial charge in [-0.05, 0) is 53.1 Å². The second-order valence-corrected chi connectivity index (χ2v) is 10.7. The van der Waals surface area contributed by atoms with Gasteiger partial charge in [-0.2, -0.15) is 0 Å². The molecule has 4 atom stereocenters. The molecular formula is C35H28N2O5. The summed E-state index contributed by atoms with van der Waals surface area (Å²) in [6.07, 6.45) is 3.81. The smallest absolute Gasteiger partial charge is 0.238 e. The standard InChI is InChI=1S/C35H28N2O5/c1-41-23-12-9-11-22(20-23)31(38)30-29(32(39)25-14-5-8-17-28(25)42-2)35(26-15-6-7-16-27(26)36-34(35)40)33-24-13-4-3-10-21(24)18-19-37(30)33/h3-20,29-30,33H,1-2H3,(H,36,40)/t29-,30-,33-,35+/m1/s1. The van der Waals surface area contributed by atoms with Gasteiger partial charge in [-0.3, -0.25) is 14.4 Å². The lowest BCUT2D eigenvalue weighted by molar-refractivity contribution is -0.122. The molecule has 1 saturated heterocycles. The Kier molecular flexibility index (Phi) is 5.97. The lowest BCUT2D eigenvalue weighted by Crippen LogP contribution is -2.49. The molecule has 1 N–H and O–H groups in total. The number of amides is 1. The molecule has 3 heterocycles. The quantitative estimate of drug-likeness (QED) is 0.308. The van der Waals surface area contributed by atoms with E-state index in [2.05, 4.69) is 5.32 Å². The Hall–Kier alpha value is -5.17. The summed E-state index contributed by atoms with van der Waals surface area (Å²) in [5, 5.41) is 3.07. The van der Waals surface area contributed by atoms with Crippen LogP contribution >= 0.6 is 0 Å². The van der Waals surface area contributed by atoms with Crippen LogP contribution in [0, 0.1) is 5.92 Å². The lowest BCUT2D eigenvalue weighted by Gasteiger charge is -2.38. The van der Waals surface area contributed by atoms with E-state index >= 15 is 0 Å². The minimum absolute atomic E-state index is 0.273. The van der Waals surface area contributed by atoms with E-state index in [0.717, 1.165) is 11.1 Å². The molecule has 0 saturated carbocycles. The molecule has 1 spiro atoms. The fraction of sp³-hybridized carbons (Fsp3) is 0.171. The third kappa shape index (κ3) is 3.49. The highest BCUT2D eigenvalue weighted by Gasteiger charge is 2.70. The normalized spacial score (nSPS) is 23.1. The molecule has 1 fully saturated rings. The van der Waals surface area contributed by atoms with Crippen molar-refractivity contribution >= 4 is 29.2 Å². The molecule has 42 heavy (non-hydrogen) atoms. The molecule has 4 aromatic carbocycles. The first-order valence-corrected chi connectivity index (χ1v) is 13.8. The van der Waals surface area contributed by atoms with Crippen LogP contribution in [0.5, 0.6) is 11.5 Å². The molecule has 3 aliphatic rings. The van der Waals surface area contributed by atoms with Crippen LogP contribution in [0.3, 0.4) is 0 Å². The number of methoxy groups -OCH3 is 2. The fourth-order valence-electron chi connectivity index (χ4n) is 7.13. The van der Waals surface area contributed by atoms with Crippen LogP contribution in [0.15, 0.2) is 103 Å². The van der Waals surface area contributed by atoms with Gasteiger partial charge in [0.2, 0.25) is 5.91 Å². The summed E-state index contributed by atoms with van der Waals surface area (Å²) in [5.41, 5.74) is 2.47. The number of nitrogens with one attached hydrogen (secondary N) is 1. The van der Waals surface area contributed by atoms with E-state index in [9.17, 15) is 14.4 Å². The SMILES string of the molecule is COc1cccc(C(=O)[C@H]2[C@H](C(=O)c3ccccc3OC)[C@]3(C(=O)Nc4ccccc43)[C@H]3c4ccccc4C=CN23)c1. The summed E-state index contributed by atoms with van der Waals surface area (Å²) in [7, 11) is 3.05. The molecule has 7 rings (SSSR count). The molecule has 0 radical (unpaired) electrons. The second-order valence-electron chi connectivity index (χ2n) is 10.7. The third-order valence-electron chi connectivity index (χ3n) is 8.85. The second kappa shape index (κ2) is 9.73. The maximum atomic E-state index is 15.0. The number of carbonyl (C=O) groups is 3. The number of carbonyl (C=O) groups excluding carboxylic acids is 3. The van der Waals surface area contributed by atoms with E-state index in [1.165, 1.54) is 7.11 Å². The zero-order valence-electron chi connectivity index (χ0n) is 23.1. The summed E-state index contributed by atoms with van der Waals surface area (Å²) in [5.74, 6) is -1.08. The summed E-state index contributed by atoms with van der Waals surface area (Å²) in [6, 6.07) is 27.6. The van der Waals surface area contributed by atoms with Gasteiger partial charge >= 0.3 is 0 Å². The van der Waals surface area contributed by atoms with Crippen LogP contribution in [0.4, 0.5) is 5.69 Å². The molecule has 0 aliphatic carbocycles. The highest BCUT2D eigenvalue weighted by molar-refractivity contribution is 6.17. The largest absolute Gasteiger partial charge is 0.497 e. The van der Waals surface area contributed by atoms with Crippen LogP contribution in [0.1, 0.15) is 43.4 Å². The third-order valence-corrected chi connectivity index (χ3v) is 8.85. The number of para-hydroxylation sites is 2. The Labute approximate surface area is 243 Å². The molecule has 7 nitrogen and oxygen atoms in total. The molecule has 7 heteroatoms. The average Bonchev–Trinajstić information content (AvgIpc) is 3.52. The first kappa shape index (κ1) is 25.8. The number of anilines is 1. The molecule has 0 bridgehead atoms. The monoisotopic (exact) mass is 556 g/mol. The molecular weight excluding hydrogens is 528 g/mol. The van der Waals surface area contributed by atoms with Crippen LogP contribution < -0.4 is 14.8 Å². The number of nitrogens with zero attached hydrogens (tertiary/aromatic N) is 1. The highest BCUT2D eigenvalue weighted by Crippen LogP contribution is 2.62. The number of ether oxygens (including phenoxy) is 2. The summed E-state index contributed by atoms with van der Waals surface area (Å²) < 4.78 is 11.0. The van der Waals surface area contributed by atoms with Crippen molar-refractivity contribution in [1.82, 2.24) is 4.90 Å². The maximum absolute atomic E-state index is 15.0. The number of fused-ring (bicyclic) bond motifs is 6. The summed E-state index contributed by atoms with van der Waals surface area (Å²) in [6.45, 7) is 0. The molecule has 3 aliphatic heterocycles. The molecule has 0 unspecified atom stereocenters. The zero-order chi connectivity index (χ0) is 29.0. The van der Waals surface area contributed by atoms with Crippen molar-refractivity contribution < 1.29 is 23.9 Å². The first-order valence-electron chi connectivity index (χ1n) is 13.8. The van der Waals surface area contributed by atoms with Gasteiger partial charge in [-0.15, -0.1) is 0 Å². The zero-order valence-corrected chi connectivity index (χ0v) is 23.1. The Balaban J connectivity index is 1.54. The van der Waals surface area contributed by atoms with E-state index in [4.69, 9.17) is 9.47 Å². The Morgan fingerprint density at radius 2 is 1.60 bits per heavy atom. The van der Waals surface area contributed by atoms with Crippen molar-refractivity contribution in [2.75, 3.05) is 19.5 Å².